The number of ether oxygens (including phenoxy) is 1. The molecule has 1 heterocycles. The van der Waals surface area contributed by atoms with Crippen LogP contribution in [0.5, 0.6) is 5.75 Å². The number of anilines is 1. The van der Waals surface area contributed by atoms with Gasteiger partial charge in [0.15, 0.2) is 0 Å². The van der Waals surface area contributed by atoms with Gasteiger partial charge in [-0.1, -0.05) is 42.5 Å². The van der Waals surface area contributed by atoms with Gasteiger partial charge in [0.2, 0.25) is 5.91 Å². The number of benzene rings is 3. The number of carboxylic acid groups (broad SMARTS) is 1. The van der Waals surface area contributed by atoms with Gasteiger partial charge in [-0.05, 0) is 52.9 Å². The summed E-state index contributed by atoms with van der Waals surface area (Å²) >= 11 is 0. The first-order chi connectivity index (χ1) is 16.2. The Labute approximate surface area is 194 Å². The summed E-state index contributed by atoms with van der Waals surface area (Å²) in [7, 11) is 0. The summed E-state index contributed by atoms with van der Waals surface area (Å²) in [6.07, 6.45) is -4.22. The smallest absolute Gasteiger partial charge is 0.417 e. The fourth-order valence-corrected chi connectivity index (χ4v) is 4.03. The molecule has 5 nitrogen and oxygen atoms in total. The molecule has 0 atom stereocenters. The number of carboxylic acids is 1. The second-order valence-corrected chi connectivity index (χ2v) is 8.01. The minimum Gasteiger partial charge on any atom is -0.489 e. The van der Waals surface area contributed by atoms with Crippen molar-refractivity contribution in [3.05, 3.63) is 83.4 Å². The summed E-state index contributed by atoms with van der Waals surface area (Å²) in [5.41, 5.74) is 1.85. The second-order valence-electron chi connectivity index (χ2n) is 8.01. The summed E-state index contributed by atoms with van der Waals surface area (Å²) in [6.45, 7) is 0.408. The van der Waals surface area contributed by atoms with Crippen molar-refractivity contribution >= 4 is 17.6 Å². The maximum Gasteiger partial charge on any atom is 0.417 e. The molecule has 0 saturated carbocycles. The first-order valence-corrected chi connectivity index (χ1v) is 10.8. The summed E-state index contributed by atoms with van der Waals surface area (Å²) in [6, 6.07) is 17.8. The number of aliphatic carboxylic acids is 1. The lowest BCUT2D eigenvalue weighted by molar-refractivity contribution is -0.138. The Morgan fingerprint density at radius 1 is 0.971 bits per heavy atom. The highest BCUT2D eigenvalue weighted by Gasteiger charge is 2.34. The molecule has 0 spiro atoms. The molecule has 0 bridgehead atoms. The standard InChI is InChI=1S/C26H22F3NO4/c27-26(28,29)22-14-17(6-8-21(22)18-4-2-1-3-5-18)16-34-20-7-9-23-19(15-20)12-13-30(23)24(31)10-11-25(32)33/h1-9,14-15H,10-13,16H2,(H,32,33). The van der Waals surface area contributed by atoms with Gasteiger partial charge < -0.3 is 14.7 Å². The van der Waals surface area contributed by atoms with Crippen molar-refractivity contribution in [2.24, 2.45) is 0 Å². The van der Waals surface area contributed by atoms with Gasteiger partial charge in [0, 0.05) is 18.7 Å². The Kier molecular flexibility index (Phi) is 6.58. The molecule has 0 aromatic heterocycles. The average Bonchev–Trinajstić information content (AvgIpc) is 3.24. The fraction of sp³-hybridized carbons (Fsp3) is 0.231. The van der Waals surface area contributed by atoms with E-state index in [2.05, 4.69) is 0 Å². The fourth-order valence-electron chi connectivity index (χ4n) is 4.03. The molecule has 4 rings (SSSR count). The number of amides is 1. The monoisotopic (exact) mass is 469 g/mol. The number of nitrogens with zero attached hydrogens (tertiary/aromatic N) is 1. The van der Waals surface area contributed by atoms with Gasteiger partial charge in [-0.3, -0.25) is 9.59 Å². The molecule has 3 aromatic rings. The van der Waals surface area contributed by atoms with E-state index in [9.17, 15) is 22.8 Å². The summed E-state index contributed by atoms with van der Waals surface area (Å²) < 4.78 is 46.9. The molecule has 1 aliphatic heterocycles. The number of hydrogen-bond donors (Lipinski definition) is 1. The van der Waals surface area contributed by atoms with E-state index >= 15 is 0 Å². The van der Waals surface area contributed by atoms with Gasteiger partial charge >= 0.3 is 12.1 Å². The molecule has 0 saturated heterocycles. The molecule has 1 N–H and O–H groups in total. The number of alkyl halides is 3. The summed E-state index contributed by atoms with van der Waals surface area (Å²) in [5, 5.41) is 8.78. The molecule has 34 heavy (non-hydrogen) atoms. The van der Waals surface area contributed by atoms with Crippen LogP contribution in [-0.2, 0) is 28.8 Å². The molecule has 0 radical (unpaired) electrons. The van der Waals surface area contributed by atoms with Gasteiger partial charge in [0.1, 0.15) is 12.4 Å². The molecule has 3 aromatic carbocycles. The molecule has 1 aliphatic rings. The molecular formula is C26H22F3NO4. The van der Waals surface area contributed by atoms with E-state index in [0.29, 0.717) is 35.5 Å². The predicted molar refractivity (Wildman–Crippen MR) is 121 cm³/mol. The van der Waals surface area contributed by atoms with Crippen LogP contribution in [0.1, 0.15) is 29.5 Å². The molecule has 176 valence electrons. The van der Waals surface area contributed by atoms with E-state index in [1.165, 1.54) is 6.07 Å². The molecule has 0 fully saturated rings. The van der Waals surface area contributed by atoms with Crippen LogP contribution < -0.4 is 9.64 Å². The van der Waals surface area contributed by atoms with E-state index in [0.717, 1.165) is 11.6 Å². The van der Waals surface area contributed by atoms with Crippen LogP contribution >= 0.6 is 0 Å². The van der Waals surface area contributed by atoms with Gasteiger partial charge in [-0.2, -0.15) is 13.2 Å². The van der Waals surface area contributed by atoms with Crippen molar-refractivity contribution in [3.8, 4) is 16.9 Å². The Bertz CT molecular complexity index is 1210. The summed E-state index contributed by atoms with van der Waals surface area (Å²) in [5.74, 6) is -0.797. The van der Waals surface area contributed by atoms with Crippen LogP contribution in [0, 0.1) is 0 Å². The van der Waals surface area contributed by atoms with Crippen LogP contribution in [0.4, 0.5) is 18.9 Å². The number of halogens is 3. The third-order valence-corrected chi connectivity index (χ3v) is 5.68. The van der Waals surface area contributed by atoms with Crippen molar-refractivity contribution in [2.45, 2.75) is 32.0 Å². The van der Waals surface area contributed by atoms with Gasteiger partial charge in [0.25, 0.3) is 0 Å². The highest BCUT2D eigenvalue weighted by Crippen LogP contribution is 2.38. The average molecular weight is 469 g/mol. The van der Waals surface area contributed by atoms with Crippen LogP contribution in [0.3, 0.4) is 0 Å². The van der Waals surface area contributed by atoms with E-state index in [4.69, 9.17) is 9.84 Å². The molecule has 8 heteroatoms. The maximum absolute atomic E-state index is 13.7. The molecule has 0 aliphatic carbocycles. The first-order valence-electron chi connectivity index (χ1n) is 10.8. The lowest BCUT2D eigenvalue weighted by Crippen LogP contribution is -2.29. The van der Waals surface area contributed by atoms with Gasteiger partial charge in [-0.15, -0.1) is 0 Å². The maximum atomic E-state index is 13.7. The quantitative estimate of drug-likeness (QED) is 0.482. The third-order valence-electron chi connectivity index (χ3n) is 5.68. The lowest BCUT2D eigenvalue weighted by atomic mass is 9.97. The molecule has 1 amide bonds. The lowest BCUT2D eigenvalue weighted by Gasteiger charge is -2.17. The van der Waals surface area contributed by atoms with Crippen molar-refractivity contribution < 1.29 is 32.6 Å². The summed E-state index contributed by atoms with van der Waals surface area (Å²) in [4.78, 5) is 24.6. The normalized spacial score (nSPS) is 13.0. The van der Waals surface area contributed by atoms with Crippen molar-refractivity contribution in [3.63, 3.8) is 0 Å². The highest BCUT2D eigenvalue weighted by atomic mass is 19.4. The second kappa shape index (κ2) is 9.59. The zero-order chi connectivity index (χ0) is 24.3. The number of fused-ring (bicyclic) bond motifs is 1. The molecular weight excluding hydrogens is 447 g/mol. The predicted octanol–water partition coefficient (Wildman–Crippen LogP) is 5.71. The van der Waals surface area contributed by atoms with Crippen molar-refractivity contribution in [2.75, 3.05) is 11.4 Å². The minimum atomic E-state index is -4.51. The largest absolute Gasteiger partial charge is 0.489 e. The zero-order valence-corrected chi connectivity index (χ0v) is 18.1. The van der Waals surface area contributed by atoms with E-state index in [-0.39, 0.29) is 30.9 Å². The van der Waals surface area contributed by atoms with Crippen molar-refractivity contribution in [1.82, 2.24) is 0 Å². The van der Waals surface area contributed by atoms with Gasteiger partial charge in [0.05, 0.1) is 12.0 Å². The van der Waals surface area contributed by atoms with Crippen LogP contribution in [-0.4, -0.2) is 23.5 Å². The number of carbonyl (C=O) groups excluding carboxylic acids is 1. The number of hydrogen-bond acceptors (Lipinski definition) is 3. The highest BCUT2D eigenvalue weighted by molar-refractivity contribution is 5.96. The SMILES string of the molecule is O=C(O)CCC(=O)N1CCc2cc(OCc3ccc(-c4ccccc4)c(C(F)(F)F)c3)ccc21. The Balaban J connectivity index is 1.48. The van der Waals surface area contributed by atoms with Crippen molar-refractivity contribution in [1.29, 1.82) is 0 Å². The third kappa shape index (κ3) is 5.22. The van der Waals surface area contributed by atoms with Gasteiger partial charge in [-0.25, -0.2) is 0 Å². The Morgan fingerprint density at radius 2 is 1.74 bits per heavy atom. The van der Waals surface area contributed by atoms with E-state index in [1.807, 2.05) is 0 Å². The number of carbonyl (C=O) groups is 2. The minimum absolute atomic E-state index is 0.0435. The zero-order valence-electron chi connectivity index (χ0n) is 18.1. The topological polar surface area (TPSA) is 66.8 Å². The van der Waals surface area contributed by atoms with Crippen LogP contribution in [0.15, 0.2) is 66.7 Å². The Hall–Kier alpha value is -3.81. The van der Waals surface area contributed by atoms with Crippen LogP contribution in [0.25, 0.3) is 11.1 Å². The Morgan fingerprint density at radius 3 is 2.44 bits per heavy atom. The van der Waals surface area contributed by atoms with Crippen LogP contribution in [0.2, 0.25) is 0 Å². The number of rotatable bonds is 7. The molecule has 0 unspecified atom stereocenters. The van der Waals surface area contributed by atoms with E-state index in [1.54, 1.807) is 59.5 Å². The first kappa shape index (κ1) is 23.4. The van der Waals surface area contributed by atoms with E-state index < -0.39 is 17.7 Å².